The van der Waals surface area contributed by atoms with Gasteiger partial charge in [0.15, 0.2) is 6.61 Å². The van der Waals surface area contributed by atoms with Crippen LogP contribution in [0.5, 0.6) is 5.75 Å². The summed E-state index contributed by atoms with van der Waals surface area (Å²) in [6.45, 7) is 8.00. The fourth-order valence-electron chi connectivity index (χ4n) is 5.09. The Morgan fingerprint density at radius 3 is 2.55 bits per heavy atom. The second kappa shape index (κ2) is 10.8. The van der Waals surface area contributed by atoms with Crippen molar-refractivity contribution in [3.8, 4) is 17.1 Å². The van der Waals surface area contributed by atoms with Gasteiger partial charge >= 0.3 is 0 Å². The number of amides is 1. The summed E-state index contributed by atoms with van der Waals surface area (Å²) in [5.74, 6) is 1.36. The Hall–Kier alpha value is -4.04. The predicted molar refractivity (Wildman–Crippen MR) is 150 cm³/mol. The minimum absolute atomic E-state index is 0.0155. The minimum Gasteiger partial charge on any atom is -0.484 e. The fourth-order valence-corrected chi connectivity index (χ4v) is 5.09. The first-order chi connectivity index (χ1) is 18.7. The van der Waals surface area contributed by atoms with E-state index in [4.69, 9.17) is 14.5 Å². The molecule has 0 atom stereocenters. The first-order valence-electron chi connectivity index (χ1n) is 13.4. The molecular weight excluding hydrogens is 478 g/mol. The lowest BCUT2D eigenvalue weighted by Crippen LogP contribution is -2.36. The molecule has 0 aliphatic carbocycles. The number of anilines is 2. The number of H-pyrrole nitrogens is 1. The van der Waals surface area contributed by atoms with Crippen LogP contribution in [0, 0.1) is 0 Å². The largest absolute Gasteiger partial charge is 0.484 e. The molecule has 8 nitrogen and oxygen atoms in total. The molecule has 0 saturated carbocycles. The number of hydrogen-bond donors (Lipinski definition) is 2. The normalized spacial score (nSPS) is 15.1. The van der Waals surface area contributed by atoms with Crippen molar-refractivity contribution in [1.29, 1.82) is 0 Å². The molecule has 1 aromatic heterocycles. The van der Waals surface area contributed by atoms with Gasteiger partial charge in [-0.2, -0.15) is 0 Å². The number of benzene rings is 3. The van der Waals surface area contributed by atoms with Crippen LogP contribution in [0.15, 0.2) is 60.7 Å². The van der Waals surface area contributed by atoms with Crippen LogP contribution in [0.4, 0.5) is 11.4 Å². The van der Waals surface area contributed by atoms with Crippen LogP contribution < -0.4 is 19.9 Å². The van der Waals surface area contributed by atoms with Gasteiger partial charge in [-0.05, 0) is 72.1 Å². The van der Waals surface area contributed by atoms with Gasteiger partial charge in [0.05, 0.1) is 24.2 Å². The van der Waals surface area contributed by atoms with Crippen molar-refractivity contribution in [3.63, 3.8) is 0 Å². The van der Waals surface area contributed by atoms with E-state index in [0.29, 0.717) is 12.3 Å². The van der Waals surface area contributed by atoms with E-state index in [1.54, 1.807) is 0 Å². The first-order valence-corrected chi connectivity index (χ1v) is 13.4. The number of carbonyl (C=O) groups is 1. The topological polar surface area (TPSA) is 82.7 Å². The highest BCUT2D eigenvalue weighted by Gasteiger charge is 2.22. The second-order valence-corrected chi connectivity index (χ2v) is 9.86. The molecule has 0 radical (unpaired) electrons. The zero-order chi connectivity index (χ0) is 25.9. The van der Waals surface area contributed by atoms with Gasteiger partial charge in [-0.1, -0.05) is 13.0 Å². The van der Waals surface area contributed by atoms with Crippen molar-refractivity contribution in [3.05, 3.63) is 71.8 Å². The highest BCUT2D eigenvalue weighted by Crippen LogP contribution is 2.33. The van der Waals surface area contributed by atoms with E-state index in [1.807, 2.05) is 31.2 Å². The van der Waals surface area contributed by atoms with Gasteiger partial charge in [0.25, 0.3) is 5.91 Å². The fraction of sp³-hybridized carbons (Fsp3) is 0.333. The van der Waals surface area contributed by atoms with Crippen molar-refractivity contribution in [2.24, 2.45) is 0 Å². The van der Waals surface area contributed by atoms with E-state index >= 15 is 0 Å². The molecule has 0 bridgehead atoms. The van der Waals surface area contributed by atoms with Crippen molar-refractivity contribution in [1.82, 2.24) is 15.3 Å². The lowest BCUT2D eigenvalue weighted by molar-refractivity contribution is -0.123. The van der Waals surface area contributed by atoms with Crippen LogP contribution in [0.1, 0.15) is 24.5 Å². The number of imidazole rings is 1. The number of carbonyl (C=O) groups excluding carboxylic acids is 1. The third-order valence-electron chi connectivity index (χ3n) is 7.19. The van der Waals surface area contributed by atoms with Crippen molar-refractivity contribution >= 4 is 28.3 Å². The highest BCUT2D eigenvalue weighted by atomic mass is 16.5. The lowest BCUT2D eigenvalue weighted by Gasteiger charge is -2.29. The summed E-state index contributed by atoms with van der Waals surface area (Å²) in [6.07, 6.45) is 0.904. The average Bonchev–Trinajstić information content (AvgIpc) is 3.59. The molecule has 1 saturated heterocycles. The van der Waals surface area contributed by atoms with Crippen LogP contribution in [-0.4, -0.2) is 55.3 Å². The Morgan fingerprint density at radius 1 is 0.974 bits per heavy atom. The van der Waals surface area contributed by atoms with Gasteiger partial charge in [-0.15, -0.1) is 0 Å². The summed E-state index contributed by atoms with van der Waals surface area (Å²) in [7, 11) is 0. The van der Waals surface area contributed by atoms with E-state index in [1.165, 1.54) is 22.5 Å². The number of nitrogens with one attached hydrogen (secondary N) is 2. The van der Waals surface area contributed by atoms with Gasteiger partial charge in [0, 0.05) is 49.7 Å². The predicted octanol–water partition coefficient (Wildman–Crippen LogP) is 4.49. The molecule has 1 fully saturated rings. The van der Waals surface area contributed by atoms with Gasteiger partial charge in [0.2, 0.25) is 0 Å². The molecule has 38 heavy (non-hydrogen) atoms. The minimum atomic E-state index is -0.109. The Kier molecular flexibility index (Phi) is 6.88. The summed E-state index contributed by atoms with van der Waals surface area (Å²) in [4.78, 5) is 24.9. The van der Waals surface area contributed by atoms with Crippen molar-refractivity contribution in [2.45, 2.75) is 26.4 Å². The Balaban J connectivity index is 1.13. The van der Waals surface area contributed by atoms with E-state index in [9.17, 15) is 4.79 Å². The molecule has 1 amide bonds. The van der Waals surface area contributed by atoms with Gasteiger partial charge in [0.1, 0.15) is 11.6 Å². The molecule has 4 aromatic rings. The second-order valence-electron chi connectivity index (χ2n) is 9.86. The maximum atomic E-state index is 11.8. The molecule has 2 N–H and O–H groups in total. The maximum absolute atomic E-state index is 11.8. The van der Waals surface area contributed by atoms with E-state index in [-0.39, 0.29) is 12.5 Å². The molecule has 3 heterocycles. The number of fused-ring (bicyclic) bond motifs is 2. The van der Waals surface area contributed by atoms with Crippen molar-refractivity contribution in [2.75, 3.05) is 49.3 Å². The Bertz CT molecular complexity index is 1430. The number of rotatable bonds is 8. The number of hydrogen-bond acceptors (Lipinski definition) is 6. The quantitative estimate of drug-likeness (QED) is 0.363. The third-order valence-corrected chi connectivity index (χ3v) is 7.19. The lowest BCUT2D eigenvalue weighted by atomic mass is 10.1. The summed E-state index contributed by atoms with van der Waals surface area (Å²) in [5.41, 5.74) is 8.16. The van der Waals surface area contributed by atoms with Crippen LogP contribution in [0.2, 0.25) is 0 Å². The summed E-state index contributed by atoms with van der Waals surface area (Å²) >= 11 is 0. The molecule has 6 rings (SSSR count). The SMILES string of the molecule is CCCNC(=O)COc1ccc(-c2nc3ccc(N4Cc5ccc(N6CCOCC6)cc5C4)cc3[nH]2)cc1. The molecule has 2 aliphatic rings. The van der Waals surface area contributed by atoms with Crippen LogP contribution in [-0.2, 0) is 22.6 Å². The number of aromatic amines is 1. The first kappa shape index (κ1) is 24.3. The van der Waals surface area contributed by atoms with Crippen LogP contribution in [0.25, 0.3) is 22.4 Å². The molecule has 3 aromatic carbocycles. The Labute approximate surface area is 222 Å². The molecular formula is C30H33N5O3. The number of ether oxygens (including phenoxy) is 2. The maximum Gasteiger partial charge on any atom is 0.257 e. The number of nitrogens with zero attached hydrogens (tertiary/aromatic N) is 3. The molecule has 8 heteroatoms. The average molecular weight is 512 g/mol. The monoisotopic (exact) mass is 511 g/mol. The molecule has 0 spiro atoms. The van der Waals surface area contributed by atoms with Crippen LogP contribution in [0.3, 0.4) is 0 Å². The summed E-state index contributed by atoms with van der Waals surface area (Å²) in [6, 6.07) is 20.9. The highest BCUT2D eigenvalue weighted by molar-refractivity contribution is 5.83. The zero-order valence-electron chi connectivity index (χ0n) is 21.7. The molecule has 2 aliphatic heterocycles. The smallest absolute Gasteiger partial charge is 0.257 e. The van der Waals surface area contributed by atoms with E-state index in [0.717, 1.165) is 68.2 Å². The molecule has 196 valence electrons. The summed E-state index contributed by atoms with van der Waals surface area (Å²) < 4.78 is 11.1. The van der Waals surface area contributed by atoms with E-state index < -0.39 is 0 Å². The number of aromatic nitrogens is 2. The van der Waals surface area contributed by atoms with E-state index in [2.05, 4.69) is 56.5 Å². The molecule has 0 unspecified atom stereocenters. The van der Waals surface area contributed by atoms with Gasteiger partial charge in [-0.3, -0.25) is 4.79 Å². The zero-order valence-corrected chi connectivity index (χ0v) is 21.7. The van der Waals surface area contributed by atoms with Crippen molar-refractivity contribution < 1.29 is 14.3 Å². The standard InChI is InChI=1S/C30H33N5O3/c1-2-11-31-29(36)20-38-26-8-4-21(5-9-26)30-32-27-10-7-25(17-28(27)33-30)35-18-22-3-6-24(16-23(22)19-35)34-12-14-37-15-13-34/h3-10,16-17H,2,11-15,18-20H2,1H3,(H,31,36)(H,32,33). The van der Waals surface area contributed by atoms with Gasteiger partial charge < -0.3 is 29.6 Å². The summed E-state index contributed by atoms with van der Waals surface area (Å²) in [5, 5.41) is 2.81. The number of morpholine rings is 1. The van der Waals surface area contributed by atoms with Gasteiger partial charge in [-0.25, -0.2) is 4.98 Å². The third kappa shape index (κ3) is 5.17. The Morgan fingerprint density at radius 2 is 1.74 bits per heavy atom. The van der Waals surface area contributed by atoms with Crippen LogP contribution >= 0.6 is 0 Å².